The number of nitrogens with two attached hydrogens (primary N) is 1. The second-order valence-corrected chi connectivity index (χ2v) is 7.16. The average molecular weight is 326 g/mol. The Bertz CT molecular complexity index is 591. The molecule has 4 nitrogen and oxygen atoms in total. The highest BCUT2D eigenvalue weighted by molar-refractivity contribution is 5.85. The fourth-order valence-electron chi connectivity index (χ4n) is 2.85. The summed E-state index contributed by atoms with van der Waals surface area (Å²) in [6.07, 6.45) is 3.58. The summed E-state index contributed by atoms with van der Waals surface area (Å²) in [7, 11) is 0. The third kappa shape index (κ3) is 4.41. The van der Waals surface area contributed by atoms with Crippen molar-refractivity contribution in [1.29, 1.82) is 0 Å². The molecule has 1 amide bonds. The number of benzene rings is 1. The Morgan fingerprint density at radius 3 is 2.39 bits per heavy atom. The molecule has 1 aliphatic carbocycles. The molecule has 0 bridgehead atoms. The summed E-state index contributed by atoms with van der Waals surface area (Å²) in [6.45, 7) is 5.07. The number of anilines is 1. The van der Waals surface area contributed by atoms with Gasteiger partial charge < -0.3 is 10.5 Å². The van der Waals surface area contributed by atoms with Crippen LogP contribution >= 0.6 is 0 Å². The van der Waals surface area contributed by atoms with Gasteiger partial charge in [-0.1, -0.05) is 19.3 Å². The van der Waals surface area contributed by atoms with Crippen LogP contribution in [0.15, 0.2) is 12.1 Å². The van der Waals surface area contributed by atoms with Gasteiger partial charge in [0, 0.05) is 5.54 Å². The molecule has 2 rings (SSSR count). The Morgan fingerprint density at radius 2 is 1.83 bits per heavy atom. The summed E-state index contributed by atoms with van der Waals surface area (Å²) in [4.78, 5) is 11.8. The fourth-order valence-corrected chi connectivity index (χ4v) is 2.85. The zero-order valence-corrected chi connectivity index (χ0v) is 13.8. The number of hydrogen-bond donors (Lipinski definition) is 2. The van der Waals surface area contributed by atoms with Gasteiger partial charge >= 0.3 is 6.09 Å². The van der Waals surface area contributed by atoms with E-state index in [1.54, 1.807) is 20.8 Å². The van der Waals surface area contributed by atoms with E-state index in [2.05, 4.69) is 5.32 Å². The number of nitrogens with one attached hydrogen (secondary N) is 1. The molecule has 3 N–H and O–H groups in total. The van der Waals surface area contributed by atoms with E-state index in [0.29, 0.717) is 18.4 Å². The van der Waals surface area contributed by atoms with Crippen molar-refractivity contribution in [2.75, 3.05) is 5.32 Å². The molecule has 6 heteroatoms. The topological polar surface area (TPSA) is 64.3 Å². The second-order valence-electron chi connectivity index (χ2n) is 7.16. The van der Waals surface area contributed by atoms with E-state index in [1.165, 1.54) is 6.07 Å². The lowest BCUT2D eigenvalue weighted by atomic mass is 9.77. The molecule has 0 aromatic heterocycles. The number of carbonyl (C=O) groups is 1. The van der Waals surface area contributed by atoms with Gasteiger partial charge in [0.15, 0.2) is 11.6 Å². The first-order valence-electron chi connectivity index (χ1n) is 7.89. The monoisotopic (exact) mass is 326 g/mol. The second kappa shape index (κ2) is 6.43. The molecular formula is C17H24F2N2O2. The smallest absolute Gasteiger partial charge is 0.412 e. The highest BCUT2D eigenvalue weighted by Gasteiger charge is 2.31. The normalized spacial score (nSPS) is 17.7. The van der Waals surface area contributed by atoms with Crippen LogP contribution in [0.25, 0.3) is 0 Å². The maximum atomic E-state index is 14.0. The summed E-state index contributed by atoms with van der Waals surface area (Å²) < 4.78 is 33.0. The van der Waals surface area contributed by atoms with E-state index in [4.69, 9.17) is 10.5 Å². The first-order valence-corrected chi connectivity index (χ1v) is 7.89. The Balaban J connectivity index is 2.28. The Morgan fingerprint density at radius 1 is 1.22 bits per heavy atom. The van der Waals surface area contributed by atoms with E-state index in [-0.39, 0.29) is 5.69 Å². The number of rotatable bonds is 2. The van der Waals surface area contributed by atoms with Gasteiger partial charge in [0.25, 0.3) is 0 Å². The molecule has 1 saturated carbocycles. The molecule has 0 atom stereocenters. The zero-order valence-electron chi connectivity index (χ0n) is 13.8. The lowest BCUT2D eigenvalue weighted by Crippen LogP contribution is -2.39. The SMILES string of the molecule is CC(C)(C)OC(=O)Nc1cc(C2(N)CCCCC2)cc(F)c1F. The van der Waals surface area contributed by atoms with Crippen LogP contribution in [0.1, 0.15) is 58.4 Å². The highest BCUT2D eigenvalue weighted by Crippen LogP contribution is 2.37. The molecule has 1 aromatic rings. The van der Waals surface area contributed by atoms with Crippen molar-refractivity contribution in [3.8, 4) is 0 Å². The lowest BCUT2D eigenvalue weighted by Gasteiger charge is -2.34. The van der Waals surface area contributed by atoms with Gasteiger partial charge in [-0.15, -0.1) is 0 Å². The summed E-state index contributed by atoms with van der Waals surface area (Å²) >= 11 is 0. The van der Waals surface area contributed by atoms with Crippen LogP contribution in [-0.4, -0.2) is 11.7 Å². The van der Waals surface area contributed by atoms with Crippen LogP contribution in [0.4, 0.5) is 19.3 Å². The van der Waals surface area contributed by atoms with Crippen LogP contribution in [0.2, 0.25) is 0 Å². The number of carbonyl (C=O) groups excluding carboxylic acids is 1. The number of halogens is 2. The van der Waals surface area contributed by atoms with Gasteiger partial charge in [0.1, 0.15) is 5.60 Å². The summed E-state index contributed by atoms with van der Waals surface area (Å²) in [5.41, 5.74) is 5.21. The molecule has 1 fully saturated rings. The molecule has 0 spiro atoms. The van der Waals surface area contributed by atoms with E-state index >= 15 is 0 Å². The maximum Gasteiger partial charge on any atom is 0.412 e. The summed E-state index contributed by atoms with van der Waals surface area (Å²) in [5, 5.41) is 2.27. The van der Waals surface area contributed by atoms with Gasteiger partial charge in [-0.2, -0.15) is 0 Å². The predicted octanol–water partition coefficient (Wildman–Crippen LogP) is 4.43. The van der Waals surface area contributed by atoms with Crippen molar-refractivity contribution in [1.82, 2.24) is 0 Å². The minimum Gasteiger partial charge on any atom is -0.444 e. The highest BCUT2D eigenvalue weighted by atomic mass is 19.2. The minimum atomic E-state index is -1.11. The van der Waals surface area contributed by atoms with Gasteiger partial charge in [-0.3, -0.25) is 5.32 Å². The predicted molar refractivity (Wildman–Crippen MR) is 85.2 cm³/mol. The first kappa shape index (κ1) is 17.7. The van der Waals surface area contributed by atoms with Gasteiger partial charge in [0.2, 0.25) is 0 Å². The molecule has 0 heterocycles. The van der Waals surface area contributed by atoms with Crippen LogP contribution in [0.3, 0.4) is 0 Å². The van der Waals surface area contributed by atoms with Crippen molar-refractivity contribution in [2.45, 2.75) is 64.0 Å². The molecule has 23 heavy (non-hydrogen) atoms. The van der Waals surface area contributed by atoms with Crippen LogP contribution < -0.4 is 11.1 Å². The molecule has 0 aliphatic heterocycles. The minimum absolute atomic E-state index is 0.246. The van der Waals surface area contributed by atoms with Crippen molar-refractivity contribution in [2.24, 2.45) is 5.73 Å². The van der Waals surface area contributed by atoms with Gasteiger partial charge in [-0.25, -0.2) is 13.6 Å². The largest absolute Gasteiger partial charge is 0.444 e. The Hall–Kier alpha value is -1.69. The van der Waals surface area contributed by atoms with Crippen LogP contribution in [0.5, 0.6) is 0 Å². The number of hydrogen-bond acceptors (Lipinski definition) is 3. The summed E-state index contributed by atoms with van der Waals surface area (Å²) in [6, 6.07) is 2.54. The van der Waals surface area contributed by atoms with Gasteiger partial charge in [-0.05, 0) is 51.3 Å². The molecule has 0 saturated heterocycles. The third-order valence-electron chi connectivity index (χ3n) is 3.98. The maximum absolute atomic E-state index is 14.0. The molecule has 1 aliphatic rings. The quantitative estimate of drug-likeness (QED) is 0.845. The van der Waals surface area contributed by atoms with Gasteiger partial charge in [0.05, 0.1) is 5.69 Å². The van der Waals surface area contributed by atoms with Crippen molar-refractivity contribution in [3.63, 3.8) is 0 Å². The van der Waals surface area contributed by atoms with E-state index in [0.717, 1.165) is 25.3 Å². The third-order valence-corrected chi connectivity index (χ3v) is 3.98. The van der Waals surface area contributed by atoms with E-state index in [1.807, 2.05) is 0 Å². The fraction of sp³-hybridized carbons (Fsp3) is 0.588. The van der Waals surface area contributed by atoms with E-state index in [9.17, 15) is 13.6 Å². The molecule has 0 radical (unpaired) electrons. The Labute approximate surface area is 135 Å². The lowest BCUT2D eigenvalue weighted by molar-refractivity contribution is 0.0635. The van der Waals surface area contributed by atoms with Crippen LogP contribution in [0, 0.1) is 11.6 Å². The standard InChI is InChI=1S/C17H24F2N2O2/c1-16(2,3)23-15(22)21-13-10-11(9-12(18)14(13)19)17(20)7-5-4-6-8-17/h9-10H,4-8,20H2,1-3H3,(H,21,22). The molecule has 1 aromatic carbocycles. The van der Waals surface area contributed by atoms with Crippen LogP contribution in [-0.2, 0) is 10.3 Å². The molecule has 128 valence electrons. The molecule has 0 unspecified atom stereocenters. The van der Waals surface area contributed by atoms with E-state index < -0.39 is 28.9 Å². The molecular weight excluding hydrogens is 302 g/mol. The zero-order chi connectivity index (χ0) is 17.3. The summed E-state index contributed by atoms with van der Waals surface area (Å²) in [5.74, 6) is -2.14. The average Bonchev–Trinajstić information content (AvgIpc) is 2.42. The number of amides is 1. The van der Waals surface area contributed by atoms with Crippen molar-refractivity contribution in [3.05, 3.63) is 29.3 Å². The van der Waals surface area contributed by atoms with Crippen molar-refractivity contribution >= 4 is 11.8 Å². The Kier molecular flexibility index (Phi) is 4.94. The van der Waals surface area contributed by atoms with Crippen molar-refractivity contribution < 1.29 is 18.3 Å². The first-order chi connectivity index (χ1) is 10.6. The number of ether oxygens (including phenoxy) is 1.